The first-order chi connectivity index (χ1) is 21.1. The molecule has 4 aromatic carbocycles. The number of nitrogens with zero attached hydrogens (tertiary/aromatic N) is 2. The molecule has 4 aromatic rings. The van der Waals surface area contributed by atoms with E-state index in [1.807, 2.05) is 37.3 Å². The molecular formula is C33H32Cl3N3O4S. The Bertz CT molecular complexity index is 1690. The lowest BCUT2D eigenvalue weighted by atomic mass is 10.0. The topological polar surface area (TPSA) is 86.8 Å². The summed E-state index contributed by atoms with van der Waals surface area (Å²) in [5.41, 5.74) is 1.67. The van der Waals surface area contributed by atoms with Crippen LogP contribution in [0.1, 0.15) is 24.5 Å². The van der Waals surface area contributed by atoms with Crippen molar-refractivity contribution in [1.29, 1.82) is 0 Å². The van der Waals surface area contributed by atoms with Crippen molar-refractivity contribution in [2.45, 2.75) is 37.2 Å². The van der Waals surface area contributed by atoms with Gasteiger partial charge in [0.15, 0.2) is 0 Å². The van der Waals surface area contributed by atoms with Crippen LogP contribution in [0.25, 0.3) is 0 Å². The third-order valence-electron chi connectivity index (χ3n) is 6.86. The van der Waals surface area contributed by atoms with E-state index in [0.29, 0.717) is 23.6 Å². The minimum Gasteiger partial charge on any atom is -0.354 e. The van der Waals surface area contributed by atoms with Gasteiger partial charge in [-0.2, -0.15) is 0 Å². The Morgan fingerprint density at radius 1 is 0.795 bits per heavy atom. The van der Waals surface area contributed by atoms with E-state index in [1.54, 1.807) is 42.5 Å². The first kappa shape index (κ1) is 33.3. The molecule has 1 atom stereocenters. The lowest BCUT2D eigenvalue weighted by molar-refractivity contribution is -0.140. The number of anilines is 1. The van der Waals surface area contributed by atoms with Gasteiger partial charge in [-0.15, -0.1) is 0 Å². The van der Waals surface area contributed by atoms with E-state index >= 15 is 0 Å². The molecule has 230 valence electrons. The average molecular weight is 673 g/mol. The minimum atomic E-state index is -4.25. The second-order valence-corrected chi connectivity index (χ2v) is 13.2. The van der Waals surface area contributed by atoms with Crippen LogP contribution in [0.2, 0.25) is 15.1 Å². The molecular weight excluding hydrogens is 641 g/mol. The number of carbonyl (C=O) groups is 2. The number of sulfonamides is 1. The second-order valence-electron chi connectivity index (χ2n) is 10.1. The normalized spacial score (nSPS) is 11.9. The zero-order valence-corrected chi connectivity index (χ0v) is 27.1. The summed E-state index contributed by atoms with van der Waals surface area (Å²) in [6, 6.07) is 27.5. The molecule has 0 saturated carbocycles. The van der Waals surface area contributed by atoms with Crippen molar-refractivity contribution in [2.75, 3.05) is 17.4 Å². The molecule has 7 nitrogen and oxygen atoms in total. The standard InChI is InChI=1S/C33H32Cl3N3O4S/c1-2-18-37-33(41)31(20-24-10-5-3-6-11-24)38(22-25-12-9-13-26(34)19-25)32(40)23-39(27-16-17-29(35)30(36)21-27)44(42,43)28-14-7-4-8-15-28/h3-17,19,21,31H,2,18,20,22-23H2,1H3,(H,37,41)/t31-/m1/s1. The number of halogens is 3. The van der Waals surface area contributed by atoms with Gasteiger partial charge in [0.25, 0.3) is 10.0 Å². The van der Waals surface area contributed by atoms with Gasteiger partial charge in [0.05, 0.1) is 20.6 Å². The van der Waals surface area contributed by atoms with E-state index in [1.165, 1.54) is 35.2 Å². The van der Waals surface area contributed by atoms with Gasteiger partial charge in [0.1, 0.15) is 12.6 Å². The molecule has 0 aliphatic rings. The zero-order chi connectivity index (χ0) is 31.7. The van der Waals surface area contributed by atoms with E-state index in [2.05, 4.69) is 5.32 Å². The molecule has 0 bridgehead atoms. The van der Waals surface area contributed by atoms with Gasteiger partial charge in [0.2, 0.25) is 11.8 Å². The first-order valence-corrected chi connectivity index (χ1v) is 16.6. The average Bonchev–Trinajstić information content (AvgIpc) is 3.02. The second kappa shape index (κ2) is 15.4. The number of benzene rings is 4. The van der Waals surface area contributed by atoms with Crippen molar-refractivity contribution < 1.29 is 18.0 Å². The molecule has 2 amide bonds. The van der Waals surface area contributed by atoms with Crippen LogP contribution < -0.4 is 9.62 Å². The molecule has 4 rings (SSSR count). The van der Waals surface area contributed by atoms with Gasteiger partial charge in [-0.3, -0.25) is 13.9 Å². The van der Waals surface area contributed by atoms with Crippen molar-refractivity contribution in [3.63, 3.8) is 0 Å². The van der Waals surface area contributed by atoms with Gasteiger partial charge >= 0.3 is 0 Å². The Labute approximate surface area is 273 Å². The van der Waals surface area contributed by atoms with Crippen LogP contribution in [0.4, 0.5) is 5.69 Å². The van der Waals surface area contributed by atoms with Gasteiger partial charge in [-0.25, -0.2) is 8.42 Å². The molecule has 0 unspecified atom stereocenters. The van der Waals surface area contributed by atoms with Crippen LogP contribution in [-0.4, -0.2) is 44.3 Å². The lowest BCUT2D eigenvalue weighted by Gasteiger charge is -2.34. The summed E-state index contributed by atoms with van der Waals surface area (Å²) >= 11 is 18.7. The van der Waals surface area contributed by atoms with E-state index < -0.39 is 28.5 Å². The lowest BCUT2D eigenvalue weighted by Crippen LogP contribution is -2.53. The molecule has 0 radical (unpaired) electrons. The molecule has 0 aromatic heterocycles. The fourth-order valence-corrected chi connectivity index (χ4v) is 6.57. The summed E-state index contributed by atoms with van der Waals surface area (Å²) in [6.45, 7) is 1.76. The molecule has 0 saturated heterocycles. The third-order valence-corrected chi connectivity index (χ3v) is 9.63. The highest BCUT2D eigenvalue weighted by atomic mass is 35.5. The number of amides is 2. The third kappa shape index (κ3) is 8.54. The van der Waals surface area contributed by atoms with E-state index in [4.69, 9.17) is 34.8 Å². The van der Waals surface area contributed by atoms with Gasteiger partial charge in [-0.1, -0.05) is 102 Å². The maximum atomic E-state index is 14.4. The Hall–Kier alpha value is -3.56. The first-order valence-electron chi connectivity index (χ1n) is 14.0. The van der Waals surface area contributed by atoms with Crippen LogP contribution in [0.15, 0.2) is 108 Å². The maximum absolute atomic E-state index is 14.4. The van der Waals surface area contributed by atoms with Crippen molar-refractivity contribution in [1.82, 2.24) is 10.2 Å². The van der Waals surface area contributed by atoms with E-state index in [0.717, 1.165) is 9.87 Å². The molecule has 0 aliphatic heterocycles. The summed E-state index contributed by atoms with van der Waals surface area (Å²) < 4.78 is 29.0. The zero-order valence-electron chi connectivity index (χ0n) is 24.0. The summed E-state index contributed by atoms with van der Waals surface area (Å²) in [6.07, 6.45) is 0.910. The quantitative estimate of drug-likeness (QED) is 0.166. The predicted molar refractivity (Wildman–Crippen MR) is 177 cm³/mol. The van der Waals surface area contributed by atoms with Gasteiger partial charge in [-0.05, 0) is 60.0 Å². The van der Waals surface area contributed by atoms with Crippen molar-refractivity contribution in [2.24, 2.45) is 0 Å². The number of carbonyl (C=O) groups excluding carboxylic acids is 2. The van der Waals surface area contributed by atoms with Gasteiger partial charge in [0, 0.05) is 24.5 Å². The SMILES string of the molecule is CCCNC(=O)[C@@H](Cc1ccccc1)N(Cc1cccc(Cl)c1)C(=O)CN(c1ccc(Cl)c(Cl)c1)S(=O)(=O)c1ccccc1. The highest BCUT2D eigenvalue weighted by molar-refractivity contribution is 7.92. The maximum Gasteiger partial charge on any atom is 0.264 e. The van der Waals surface area contributed by atoms with Crippen LogP contribution in [0.3, 0.4) is 0 Å². The largest absolute Gasteiger partial charge is 0.354 e. The molecule has 0 spiro atoms. The van der Waals surface area contributed by atoms with Gasteiger partial charge < -0.3 is 10.2 Å². The van der Waals surface area contributed by atoms with Crippen LogP contribution >= 0.6 is 34.8 Å². The van der Waals surface area contributed by atoms with Crippen molar-refractivity contribution >= 4 is 62.3 Å². The molecule has 0 heterocycles. The Balaban J connectivity index is 1.81. The summed E-state index contributed by atoms with van der Waals surface area (Å²) in [4.78, 5) is 29.5. The fourth-order valence-electron chi connectivity index (χ4n) is 4.64. The number of rotatable bonds is 13. The molecule has 1 N–H and O–H groups in total. The van der Waals surface area contributed by atoms with Crippen LogP contribution in [0.5, 0.6) is 0 Å². The number of hydrogen-bond acceptors (Lipinski definition) is 4. The molecule has 11 heteroatoms. The Morgan fingerprint density at radius 2 is 1.45 bits per heavy atom. The van der Waals surface area contributed by atoms with Crippen molar-refractivity contribution in [3.05, 3.63) is 129 Å². The predicted octanol–water partition coefficient (Wildman–Crippen LogP) is 7.01. The number of hydrogen-bond donors (Lipinski definition) is 1. The Morgan fingerprint density at radius 3 is 2.09 bits per heavy atom. The summed E-state index contributed by atoms with van der Waals surface area (Å²) in [7, 11) is -4.25. The molecule has 44 heavy (non-hydrogen) atoms. The summed E-state index contributed by atoms with van der Waals surface area (Å²) in [5, 5.41) is 3.74. The monoisotopic (exact) mass is 671 g/mol. The van der Waals surface area contributed by atoms with E-state index in [9.17, 15) is 18.0 Å². The Kier molecular flexibility index (Phi) is 11.7. The smallest absolute Gasteiger partial charge is 0.264 e. The summed E-state index contributed by atoms with van der Waals surface area (Å²) in [5.74, 6) is -0.943. The molecule has 0 fully saturated rings. The van der Waals surface area contributed by atoms with E-state index in [-0.39, 0.29) is 39.5 Å². The minimum absolute atomic E-state index is 0.0109. The fraction of sp³-hybridized carbons (Fsp3) is 0.212. The van der Waals surface area contributed by atoms with Crippen LogP contribution in [-0.2, 0) is 32.6 Å². The molecule has 0 aliphatic carbocycles. The van der Waals surface area contributed by atoms with Crippen LogP contribution in [0, 0.1) is 0 Å². The number of nitrogens with one attached hydrogen (secondary N) is 1. The highest BCUT2D eigenvalue weighted by Crippen LogP contribution is 2.31. The van der Waals surface area contributed by atoms with Crippen molar-refractivity contribution in [3.8, 4) is 0 Å². The highest BCUT2D eigenvalue weighted by Gasteiger charge is 2.34.